The first kappa shape index (κ1) is 10.0. The summed E-state index contributed by atoms with van der Waals surface area (Å²) < 4.78 is 0. The van der Waals surface area contributed by atoms with Crippen LogP contribution in [0.2, 0.25) is 0 Å². The molecule has 0 aromatic rings. The van der Waals surface area contributed by atoms with E-state index in [1.165, 1.54) is 22.7 Å². The van der Waals surface area contributed by atoms with Crippen LogP contribution in [0.5, 0.6) is 0 Å². The van der Waals surface area contributed by atoms with Gasteiger partial charge in [0.15, 0.2) is 0 Å². The first-order valence-electron chi connectivity index (χ1n) is 4.26. The van der Waals surface area contributed by atoms with E-state index in [4.69, 9.17) is 5.11 Å². The molecule has 7 heteroatoms. The van der Waals surface area contributed by atoms with E-state index < -0.39 is 5.97 Å². The van der Waals surface area contributed by atoms with Gasteiger partial charge in [-0.3, -0.25) is 14.5 Å². The molecule has 2 N–H and O–H groups in total. The van der Waals surface area contributed by atoms with Gasteiger partial charge in [-0.25, -0.2) is 4.79 Å². The zero-order valence-corrected chi connectivity index (χ0v) is 8.36. The minimum atomic E-state index is -1.15. The number of hydrogen-bond donors (Lipinski definition) is 2. The normalized spacial score (nSPS) is 28.7. The average Bonchev–Trinajstić information content (AvgIpc) is 2.15. The van der Waals surface area contributed by atoms with Gasteiger partial charge < -0.3 is 10.4 Å². The SMILES string of the molecule is O=CNC1C=C(C(=O)O)N2C(=O)C[C@H]2S1. The van der Waals surface area contributed by atoms with Gasteiger partial charge in [-0.2, -0.15) is 0 Å². The van der Waals surface area contributed by atoms with Crippen LogP contribution in [0.15, 0.2) is 11.8 Å². The second-order valence-corrected chi connectivity index (χ2v) is 4.44. The Kier molecular flexibility index (Phi) is 2.39. The van der Waals surface area contributed by atoms with Gasteiger partial charge in [0.25, 0.3) is 0 Å². The lowest BCUT2D eigenvalue weighted by Gasteiger charge is -2.44. The maximum Gasteiger partial charge on any atom is 0.352 e. The van der Waals surface area contributed by atoms with E-state index in [1.54, 1.807) is 0 Å². The Bertz CT molecular complexity index is 368. The molecule has 0 aliphatic carbocycles. The molecule has 0 saturated carbocycles. The molecular formula is C8H8N2O4S. The van der Waals surface area contributed by atoms with Crippen molar-refractivity contribution in [2.24, 2.45) is 0 Å². The lowest BCUT2D eigenvalue weighted by Crippen LogP contribution is -2.55. The highest BCUT2D eigenvalue weighted by molar-refractivity contribution is 8.00. The molecule has 2 heterocycles. The van der Waals surface area contributed by atoms with Crippen molar-refractivity contribution < 1.29 is 19.5 Å². The number of aliphatic carboxylic acids is 1. The second kappa shape index (κ2) is 3.58. The van der Waals surface area contributed by atoms with Crippen LogP contribution in [0.3, 0.4) is 0 Å². The van der Waals surface area contributed by atoms with Crippen molar-refractivity contribution in [2.75, 3.05) is 0 Å². The van der Waals surface area contributed by atoms with Gasteiger partial charge in [0.05, 0.1) is 17.2 Å². The molecule has 15 heavy (non-hydrogen) atoms. The Morgan fingerprint density at radius 2 is 2.47 bits per heavy atom. The number of amides is 2. The third-order valence-corrected chi connectivity index (χ3v) is 3.49. The van der Waals surface area contributed by atoms with Crippen molar-refractivity contribution in [2.45, 2.75) is 17.2 Å². The second-order valence-electron chi connectivity index (χ2n) is 3.12. The number of thioether (sulfide) groups is 1. The van der Waals surface area contributed by atoms with Crippen molar-refractivity contribution in [1.29, 1.82) is 0 Å². The Labute approximate surface area is 89.3 Å². The minimum absolute atomic E-state index is 0.0469. The molecule has 6 nitrogen and oxygen atoms in total. The van der Waals surface area contributed by atoms with Crippen LogP contribution in [-0.2, 0) is 14.4 Å². The molecule has 0 bridgehead atoms. The minimum Gasteiger partial charge on any atom is -0.477 e. The summed E-state index contributed by atoms with van der Waals surface area (Å²) in [6.07, 6.45) is 2.21. The predicted octanol–water partition coefficient (Wildman–Crippen LogP) is -0.668. The summed E-state index contributed by atoms with van der Waals surface area (Å²) in [7, 11) is 0. The van der Waals surface area contributed by atoms with Crippen LogP contribution < -0.4 is 5.32 Å². The summed E-state index contributed by atoms with van der Waals surface area (Å²) in [5, 5.41) is 10.8. The van der Waals surface area contributed by atoms with Gasteiger partial charge in [0.1, 0.15) is 5.70 Å². The average molecular weight is 228 g/mol. The molecule has 2 atom stereocenters. The third kappa shape index (κ3) is 1.58. The lowest BCUT2D eigenvalue weighted by atomic mass is 10.1. The highest BCUT2D eigenvalue weighted by atomic mass is 32.2. The van der Waals surface area contributed by atoms with E-state index in [0.29, 0.717) is 12.8 Å². The summed E-state index contributed by atoms with van der Waals surface area (Å²) in [6, 6.07) is 0. The molecule has 0 radical (unpaired) electrons. The topological polar surface area (TPSA) is 86.7 Å². The van der Waals surface area contributed by atoms with E-state index in [1.807, 2.05) is 0 Å². The number of carboxylic acids is 1. The lowest BCUT2D eigenvalue weighted by molar-refractivity contribution is -0.146. The third-order valence-electron chi connectivity index (χ3n) is 2.23. The van der Waals surface area contributed by atoms with Crippen molar-refractivity contribution in [3.05, 3.63) is 11.8 Å². The van der Waals surface area contributed by atoms with E-state index >= 15 is 0 Å². The van der Waals surface area contributed by atoms with Crippen molar-refractivity contribution in [3.8, 4) is 0 Å². The smallest absolute Gasteiger partial charge is 0.352 e. The fourth-order valence-corrected chi connectivity index (χ4v) is 2.82. The molecule has 1 unspecified atom stereocenters. The first-order chi connectivity index (χ1) is 7.13. The van der Waals surface area contributed by atoms with Crippen LogP contribution >= 0.6 is 11.8 Å². The number of nitrogens with zero attached hydrogens (tertiary/aromatic N) is 1. The molecule has 2 amide bonds. The molecule has 80 valence electrons. The molecule has 1 fully saturated rings. The molecule has 2 aliphatic rings. The predicted molar refractivity (Wildman–Crippen MR) is 51.5 cm³/mol. The van der Waals surface area contributed by atoms with Gasteiger partial charge in [0, 0.05) is 0 Å². The molecule has 0 aromatic carbocycles. The largest absolute Gasteiger partial charge is 0.477 e. The quantitative estimate of drug-likeness (QED) is 0.494. The molecule has 0 spiro atoms. The van der Waals surface area contributed by atoms with Crippen LogP contribution in [0.25, 0.3) is 0 Å². The number of carboxylic acid groups (broad SMARTS) is 1. The zero-order valence-electron chi connectivity index (χ0n) is 7.54. The number of carbonyl (C=O) groups excluding carboxylic acids is 2. The van der Waals surface area contributed by atoms with E-state index in [2.05, 4.69) is 5.32 Å². The number of β-lactam (4-membered cyclic amide) rings is 1. The zero-order chi connectivity index (χ0) is 11.0. The van der Waals surface area contributed by atoms with Crippen molar-refractivity contribution in [1.82, 2.24) is 10.2 Å². The Balaban J connectivity index is 2.24. The number of fused-ring (bicyclic) bond motifs is 1. The Morgan fingerprint density at radius 3 is 3.00 bits per heavy atom. The van der Waals surface area contributed by atoms with E-state index in [9.17, 15) is 14.4 Å². The van der Waals surface area contributed by atoms with Crippen LogP contribution in [0.4, 0.5) is 0 Å². The van der Waals surface area contributed by atoms with Gasteiger partial charge in [-0.15, -0.1) is 11.8 Å². The summed E-state index contributed by atoms with van der Waals surface area (Å²) in [5.74, 6) is -1.34. The highest BCUT2D eigenvalue weighted by Gasteiger charge is 2.45. The molecular weight excluding hydrogens is 220 g/mol. The maximum atomic E-state index is 11.2. The van der Waals surface area contributed by atoms with E-state index in [0.717, 1.165) is 0 Å². The van der Waals surface area contributed by atoms with Crippen molar-refractivity contribution >= 4 is 30.0 Å². The number of hydrogen-bond acceptors (Lipinski definition) is 4. The monoisotopic (exact) mass is 228 g/mol. The number of rotatable bonds is 3. The van der Waals surface area contributed by atoms with Gasteiger partial charge >= 0.3 is 5.97 Å². The Morgan fingerprint density at radius 1 is 1.73 bits per heavy atom. The number of carbonyl (C=O) groups is 3. The Hall–Kier alpha value is -1.50. The van der Waals surface area contributed by atoms with Gasteiger partial charge in [0.2, 0.25) is 12.3 Å². The fraction of sp³-hybridized carbons (Fsp3) is 0.375. The van der Waals surface area contributed by atoms with Gasteiger partial charge in [-0.1, -0.05) is 0 Å². The van der Waals surface area contributed by atoms with Crippen molar-refractivity contribution in [3.63, 3.8) is 0 Å². The molecule has 2 rings (SSSR count). The first-order valence-corrected chi connectivity index (χ1v) is 5.20. The fourth-order valence-electron chi connectivity index (χ4n) is 1.55. The van der Waals surface area contributed by atoms with Gasteiger partial charge in [-0.05, 0) is 6.08 Å². The molecule has 0 aromatic heterocycles. The molecule has 1 saturated heterocycles. The van der Waals surface area contributed by atoms with E-state index in [-0.39, 0.29) is 22.4 Å². The van der Waals surface area contributed by atoms with Crippen LogP contribution in [0.1, 0.15) is 6.42 Å². The number of nitrogens with one attached hydrogen (secondary N) is 1. The summed E-state index contributed by atoms with van der Waals surface area (Å²) in [5.41, 5.74) is -0.0469. The summed E-state index contributed by atoms with van der Waals surface area (Å²) in [4.78, 5) is 33.5. The highest BCUT2D eigenvalue weighted by Crippen LogP contribution is 2.39. The standard InChI is InChI=1S/C8H8N2O4S/c11-3-9-5-1-4(8(13)14)10-6(12)2-7(10)15-5/h1,3,5,7H,2H2,(H,9,11)(H,13,14)/t5?,7-/m1/s1. The summed E-state index contributed by atoms with van der Waals surface area (Å²) in [6.45, 7) is 0. The van der Waals surface area contributed by atoms with Crippen LogP contribution in [-0.4, -0.2) is 39.0 Å². The summed E-state index contributed by atoms with van der Waals surface area (Å²) >= 11 is 1.35. The van der Waals surface area contributed by atoms with Crippen LogP contribution in [0, 0.1) is 0 Å². The maximum absolute atomic E-state index is 11.2. The molecule has 2 aliphatic heterocycles.